The van der Waals surface area contributed by atoms with E-state index in [2.05, 4.69) is 15.6 Å². The van der Waals surface area contributed by atoms with Gasteiger partial charge in [0.2, 0.25) is 0 Å². The molecule has 0 saturated heterocycles. The standard InChI is InChI=1S/C19H21ClN4O3/c1-26-16-5-3-13(9-17(16)27-2)7-8-21-19(25)22-10-15-12-24-11-14(20)4-6-18(24)23-15/h3-6,9,11-12H,7-8,10H2,1-2H3,(H2,21,22,25). The molecule has 27 heavy (non-hydrogen) atoms. The molecule has 0 aliphatic carbocycles. The summed E-state index contributed by atoms with van der Waals surface area (Å²) in [5.41, 5.74) is 2.59. The normalized spacial score (nSPS) is 10.6. The summed E-state index contributed by atoms with van der Waals surface area (Å²) in [6, 6.07) is 9.06. The summed E-state index contributed by atoms with van der Waals surface area (Å²) in [5, 5.41) is 6.26. The SMILES string of the molecule is COc1ccc(CCNC(=O)NCc2cn3cc(Cl)ccc3n2)cc1OC. The summed E-state index contributed by atoms with van der Waals surface area (Å²) in [6.07, 6.45) is 4.29. The number of fused-ring (bicyclic) bond motifs is 1. The molecule has 1 aromatic carbocycles. The number of pyridine rings is 1. The lowest BCUT2D eigenvalue weighted by atomic mass is 10.1. The lowest BCUT2D eigenvalue weighted by molar-refractivity contribution is 0.240. The van der Waals surface area contributed by atoms with Crippen LogP contribution in [-0.4, -0.2) is 36.2 Å². The number of hydrogen-bond donors (Lipinski definition) is 2. The number of hydrogen-bond acceptors (Lipinski definition) is 4. The number of carbonyl (C=O) groups excluding carboxylic acids is 1. The molecule has 0 aliphatic rings. The quantitative estimate of drug-likeness (QED) is 0.652. The maximum absolute atomic E-state index is 12.0. The van der Waals surface area contributed by atoms with E-state index in [1.54, 1.807) is 26.5 Å². The van der Waals surface area contributed by atoms with Gasteiger partial charge < -0.3 is 24.5 Å². The Hall–Kier alpha value is -2.93. The fraction of sp³-hybridized carbons (Fsp3) is 0.263. The largest absolute Gasteiger partial charge is 0.493 e. The topological polar surface area (TPSA) is 76.9 Å². The summed E-state index contributed by atoms with van der Waals surface area (Å²) < 4.78 is 12.3. The third-order valence-electron chi connectivity index (χ3n) is 4.04. The molecule has 0 radical (unpaired) electrons. The van der Waals surface area contributed by atoms with Gasteiger partial charge in [-0.3, -0.25) is 0 Å². The van der Waals surface area contributed by atoms with Crippen molar-refractivity contribution in [2.75, 3.05) is 20.8 Å². The highest BCUT2D eigenvalue weighted by atomic mass is 35.5. The number of aromatic nitrogens is 2. The minimum Gasteiger partial charge on any atom is -0.493 e. The smallest absolute Gasteiger partial charge is 0.315 e. The average molecular weight is 389 g/mol. The molecule has 0 fully saturated rings. The van der Waals surface area contributed by atoms with Crippen molar-refractivity contribution in [3.05, 3.63) is 59.0 Å². The Morgan fingerprint density at radius 2 is 1.93 bits per heavy atom. The van der Waals surface area contributed by atoms with Crippen molar-refractivity contribution < 1.29 is 14.3 Å². The van der Waals surface area contributed by atoms with Crippen LogP contribution in [0.15, 0.2) is 42.7 Å². The Labute approximate surface area is 162 Å². The fourth-order valence-electron chi connectivity index (χ4n) is 2.69. The van der Waals surface area contributed by atoms with E-state index in [0.29, 0.717) is 36.0 Å². The molecular formula is C19H21ClN4O3. The first-order valence-corrected chi connectivity index (χ1v) is 8.82. The number of nitrogens with zero attached hydrogens (tertiary/aromatic N) is 2. The number of halogens is 1. The Bertz CT molecular complexity index is 942. The number of amides is 2. The summed E-state index contributed by atoms with van der Waals surface area (Å²) in [7, 11) is 3.20. The van der Waals surface area contributed by atoms with Gasteiger partial charge in [0.05, 0.1) is 31.5 Å². The minimum absolute atomic E-state index is 0.245. The Kier molecular flexibility index (Phi) is 6.03. The van der Waals surface area contributed by atoms with Crippen LogP contribution >= 0.6 is 11.6 Å². The van der Waals surface area contributed by atoms with Gasteiger partial charge in [-0.25, -0.2) is 9.78 Å². The van der Waals surface area contributed by atoms with E-state index in [0.717, 1.165) is 16.9 Å². The molecule has 0 saturated carbocycles. The molecule has 3 rings (SSSR count). The Balaban J connectivity index is 1.46. The molecule has 0 bridgehead atoms. The molecule has 7 nitrogen and oxygen atoms in total. The van der Waals surface area contributed by atoms with Gasteiger partial charge in [0.1, 0.15) is 5.65 Å². The number of ether oxygens (including phenoxy) is 2. The maximum atomic E-state index is 12.0. The number of rotatable bonds is 7. The van der Waals surface area contributed by atoms with Gasteiger partial charge in [0.25, 0.3) is 0 Å². The van der Waals surface area contributed by atoms with E-state index in [-0.39, 0.29) is 6.03 Å². The fourth-order valence-corrected chi connectivity index (χ4v) is 2.86. The van der Waals surface area contributed by atoms with Crippen molar-refractivity contribution >= 4 is 23.3 Å². The molecule has 2 N–H and O–H groups in total. The van der Waals surface area contributed by atoms with E-state index in [9.17, 15) is 4.79 Å². The molecular weight excluding hydrogens is 368 g/mol. The number of carbonyl (C=O) groups is 1. The molecule has 2 heterocycles. The number of nitrogens with one attached hydrogen (secondary N) is 2. The lowest BCUT2D eigenvalue weighted by Gasteiger charge is -2.10. The molecule has 0 aliphatic heterocycles. The average Bonchev–Trinajstić information content (AvgIpc) is 3.08. The van der Waals surface area contributed by atoms with Crippen LogP contribution in [0.4, 0.5) is 4.79 Å². The van der Waals surface area contributed by atoms with Crippen LogP contribution in [0.2, 0.25) is 5.02 Å². The van der Waals surface area contributed by atoms with Crippen LogP contribution in [-0.2, 0) is 13.0 Å². The Morgan fingerprint density at radius 1 is 1.11 bits per heavy atom. The summed E-state index contributed by atoms with van der Waals surface area (Å²) in [4.78, 5) is 16.4. The second-order valence-electron chi connectivity index (χ2n) is 5.89. The van der Waals surface area contributed by atoms with Gasteiger partial charge in [0.15, 0.2) is 11.5 Å². The highest BCUT2D eigenvalue weighted by Crippen LogP contribution is 2.27. The number of imidazole rings is 1. The van der Waals surface area contributed by atoms with E-state index in [4.69, 9.17) is 21.1 Å². The predicted octanol–water partition coefficient (Wildman–Crippen LogP) is 3.05. The molecule has 8 heteroatoms. The van der Waals surface area contributed by atoms with Crippen LogP contribution in [0.5, 0.6) is 11.5 Å². The van der Waals surface area contributed by atoms with Crippen molar-refractivity contribution in [2.24, 2.45) is 0 Å². The summed E-state index contributed by atoms with van der Waals surface area (Å²) >= 11 is 5.96. The van der Waals surface area contributed by atoms with Gasteiger partial charge in [-0.2, -0.15) is 0 Å². The predicted molar refractivity (Wildman–Crippen MR) is 104 cm³/mol. The molecule has 0 unspecified atom stereocenters. The van der Waals surface area contributed by atoms with E-state index >= 15 is 0 Å². The zero-order valence-corrected chi connectivity index (χ0v) is 15.9. The molecule has 0 atom stereocenters. The highest BCUT2D eigenvalue weighted by Gasteiger charge is 2.07. The Morgan fingerprint density at radius 3 is 2.70 bits per heavy atom. The summed E-state index contributed by atoms with van der Waals surface area (Å²) in [5.74, 6) is 1.35. The van der Waals surface area contributed by atoms with Gasteiger partial charge in [-0.1, -0.05) is 17.7 Å². The van der Waals surface area contributed by atoms with Crippen molar-refractivity contribution in [1.82, 2.24) is 20.0 Å². The van der Waals surface area contributed by atoms with E-state index in [1.165, 1.54) is 0 Å². The van der Waals surface area contributed by atoms with Crippen LogP contribution in [0, 0.1) is 0 Å². The first kappa shape index (κ1) is 18.8. The third-order valence-corrected chi connectivity index (χ3v) is 4.27. The highest BCUT2D eigenvalue weighted by molar-refractivity contribution is 6.30. The second-order valence-corrected chi connectivity index (χ2v) is 6.33. The van der Waals surface area contributed by atoms with Crippen LogP contribution < -0.4 is 20.1 Å². The number of benzene rings is 1. The number of urea groups is 1. The molecule has 0 spiro atoms. The lowest BCUT2D eigenvalue weighted by Crippen LogP contribution is -2.36. The van der Waals surface area contributed by atoms with Crippen molar-refractivity contribution in [3.8, 4) is 11.5 Å². The van der Waals surface area contributed by atoms with Crippen molar-refractivity contribution in [3.63, 3.8) is 0 Å². The molecule has 2 amide bonds. The van der Waals surface area contributed by atoms with Crippen LogP contribution in [0.25, 0.3) is 5.65 Å². The van der Waals surface area contributed by atoms with Gasteiger partial charge in [0, 0.05) is 18.9 Å². The molecule has 2 aromatic heterocycles. The molecule has 142 valence electrons. The van der Waals surface area contributed by atoms with E-state index in [1.807, 2.05) is 34.9 Å². The first-order chi connectivity index (χ1) is 13.1. The van der Waals surface area contributed by atoms with Crippen molar-refractivity contribution in [1.29, 1.82) is 0 Å². The second kappa shape index (κ2) is 8.64. The van der Waals surface area contributed by atoms with E-state index < -0.39 is 0 Å². The first-order valence-electron chi connectivity index (χ1n) is 8.45. The van der Waals surface area contributed by atoms with Gasteiger partial charge >= 0.3 is 6.03 Å². The zero-order chi connectivity index (χ0) is 19.2. The van der Waals surface area contributed by atoms with Gasteiger partial charge in [-0.15, -0.1) is 0 Å². The van der Waals surface area contributed by atoms with Crippen molar-refractivity contribution in [2.45, 2.75) is 13.0 Å². The van der Waals surface area contributed by atoms with Crippen LogP contribution in [0.3, 0.4) is 0 Å². The molecule has 3 aromatic rings. The maximum Gasteiger partial charge on any atom is 0.315 e. The summed E-state index contributed by atoms with van der Waals surface area (Å²) in [6.45, 7) is 0.837. The third kappa shape index (κ3) is 4.83. The minimum atomic E-state index is -0.245. The zero-order valence-electron chi connectivity index (χ0n) is 15.2. The monoisotopic (exact) mass is 388 g/mol. The van der Waals surface area contributed by atoms with Crippen LogP contribution in [0.1, 0.15) is 11.3 Å². The number of methoxy groups -OCH3 is 2. The van der Waals surface area contributed by atoms with Gasteiger partial charge in [-0.05, 0) is 36.2 Å².